The minimum Gasteiger partial charge on any atom is -0.492 e. The standard InChI is InChI=1S/C12H16F2N2O3/c1-2-5-15-6-7-19-11-4-3-9(16(17)18)8-10(11)12(13)14/h3-4,8,12,15H,2,5-7H2,1H3. The Hall–Kier alpha value is -1.76. The van der Waals surface area contributed by atoms with Gasteiger partial charge in [0.25, 0.3) is 12.1 Å². The largest absolute Gasteiger partial charge is 0.492 e. The van der Waals surface area contributed by atoms with Crippen LogP contribution >= 0.6 is 0 Å². The van der Waals surface area contributed by atoms with Gasteiger partial charge in [0.05, 0.1) is 10.5 Å². The first-order chi connectivity index (χ1) is 9.06. The summed E-state index contributed by atoms with van der Waals surface area (Å²) in [6, 6.07) is 3.21. The van der Waals surface area contributed by atoms with Crippen molar-refractivity contribution in [1.29, 1.82) is 0 Å². The Morgan fingerprint density at radius 2 is 2.16 bits per heavy atom. The molecule has 0 aliphatic carbocycles. The fourth-order valence-corrected chi connectivity index (χ4v) is 1.49. The Balaban J connectivity index is 2.69. The number of non-ortho nitro benzene ring substituents is 1. The molecule has 1 rings (SSSR count). The van der Waals surface area contributed by atoms with Crippen molar-refractivity contribution in [3.63, 3.8) is 0 Å². The number of benzene rings is 1. The van der Waals surface area contributed by atoms with Crippen molar-refractivity contribution in [3.8, 4) is 5.75 Å². The molecule has 1 aromatic rings. The molecule has 0 radical (unpaired) electrons. The van der Waals surface area contributed by atoms with Crippen LogP contribution in [0.5, 0.6) is 5.75 Å². The molecule has 0 saturated heterocycles. The Morgan fingerprint density at radius 1 is 1.42 bits per heavy atom. The zero-order valence-electron chi connectivity index (χ0n) is 10.6. The normalized spacial score (nSPS) is 10.7. The van der Waals surface area contributed by atoms with Gasteiger partial charge in [-0.2, -0.15) is 0 Å². The zero-order chi connectivity index (χ0) is 14.3. The van der Waals surface area contributed by atoms with Crippen LogP contribution in [0.25, 0.3) is 0 Å². The van der Waals surface area contributed by atoms with Crippen molar-refractivity contribution < 1.29 is 18.4 Å². The van der Waals surface area contributed by atoms with E-state index in [4.69, 9.17) is 4.74 Å². The van der Waals surface area contributed by atoms with Gasteiger partial charge in [-0.05, 0) is 19.0 Å². The number of alkyl halides is 2. The van der Waals surface area contributed by atoms with Crippen LogP contribution < -0.4 is 10.1 Å². The van der Waals surface area contributed by atoms with Crippen molar-refractivity contribution in [3.05, 3.63) is 33.9 Å². The van der Waals surface area contributed by atoms with Crippen molar-refractivity contribution in [2.75, 3.05) is 19.7 Å². The van der Waals surface area contributed by atoms with E-state index in [1.54, 1.807) is 0 Å². The monoisotopic (exact) mass is 274 g/mol. The van der Waals surface area contributed by atoms with Crippen molar-refractivity contribution in [2.45, 2.75) is 19.8 Å². The summed E-state index contributed by atoms with van der Waals surface area (Å²) in [5.41, 5.74) is -0.823. The predicted molar refractivity (Wildman–Crippen MR) is 66.7 cm³/mol. The summed E-state index contributed by atoms with van der Waals surface area (Å²) in [7, 11) is 0. The molecule has 1 N–H and O–H groups in total. The van der Waals surface area contributed by atoms with Crippen LogP contribution in [0.1, 0.15) is 25.3 Å². The maximum absolute atomic E-state index is 12.8. The highest BCUT2D eigenvalue weighted by Crippen LogP contribution is 2.32. The molecule has 0 unspecified atom stereocenters. The Morgan fingerprint density at radius 3 is 2.74 bits per heavy atom. The van der Waals surface area contributed by atoms with Crippen LogP contribution in [-0.4, -0.2) is 24.6 Å². The molecule has 19 heavy (non-hydrogen) atoms. The summed E-state index contributed by atoms with van der Waals surface area (Å²) in [5, 5.41) is 13.6. The third-order valence-electron chi connectivity index (χ3n) is 2.40. The molecular weight excluding hydrogens is 258 g/mol. The smallest absolute Gasteiger partial charge is 0.270 e. The summed E-state index contributed by atoms with van der Waals surface area (Å²) in [6.07, 6.45) is -1.83. The van der Waals surface area contributed by atoms with Gasteiger partial charge in [-0.25, -0.2) is 8.78 Å². The molecule has 0 aliphatic rings. The third-order valence-corrected chi connectivity index (χ3v) is 2.40. The second-order valence-corrected chi connectivity index (χ2v) is 3.88. The molecule has 5 nitrogen and oxygen atoms in total. The van der Waals surface area contributed by atoms with E-state index in [1.165, 1.54) is 6.07 Å². The molecule has 7 heteroatoms. The highest BCUT2D eigenvalue weighted by Gasteiger charge is 2.18. The van der Waals surface area contributed by atoms with Crippen molar-refractivity contribution in [1.82, 2.24) is 5.32 Å². The van der Waals surface area contributed by atoms with Crippen LogP contribution in [0.3, 0.4) is 0 Å². The van der Waals surface area contributed by atoms with E-state index < -0.39 is 16.9 Å². The predicted octanol–water partition coefficient (Wildman–Crippen LogP) is 2.91. The zero-order valence-corrected chi connectivity index (χ0v) is 10.6. The maximum Gasteiger partial charge on any atom is 0.270 e. The molecule has 0 aliphatic heterocycles. The van der Waals surface area contributed by atoms with Crippen LogP contribution in [0.15, 0.2) is 18.2 Å². The van der Waals surface area contributed by atoms with E-state index in [9.17, 15) is 18.9 Å². The van der Waals surface area contributed by atoms with Crippen LogP contribution in [-0.2, 0) is 0 Å². The van der Waals surface area contributed by atoms with Gasteiger partial charge in [0, 0.05) is 18.7 Å². The van der Waals surface area contributed by atoms with E-state index in [-0.39, 0.29) is 18.0 Å². The Kier molecular flexibility index (Phi) is 6.14. The number of hydrogen-bond acceptors (Lipinski definition) is 4. The number of nitro benzene ring substituents is 1. The second-order valence-electron chi connectivity index (χ2n) is 3.88. The van der Waals surface area contributed by atoms with Gasteiger partial charge in [-0.15, -0.1) is 0 Å². The summed E-state index contributed by atoms with van der Waals surface area (Å²) >= 11 is 0. The third kappa shape index (κ3) is 4.78. The van der Waals surface area contributed by atoms with Gasteiger partial charge in [0.15, 0.2) is 0 Å². The van der Waals surface area contributed by atoms with Gasteiger partial charge in [0.2, 0.25) is 0 Å². The molecular formula is C12H16F2N2O3. The number of hydrogen-bond donors (Lipinski definition) is 1. The molecule has 0 atom stereocenters. The van der Waals surface area contributed by atoms with Crippen molar-refractivity contribution in [2.24, 2.45) is 0 Å². The molecule has 0 spiro atoms. The minimum atomic E-state index is -2.81. The summed E-state index contributed by atoms with van der Waals surface area (Å²) in [4.78, 5) is 9.82. The van der Waals surface area contributed by atoms with Crippen LogP contribution in [0.2, 0.25) is 0 Å². The Labute approximate surface area is 109 Å². The first-order valence-electron chi connectivity index (χ1n) is 5.96. The van der Waals surface area contributed by atoms with Gasteiger partial charge in [0.1, 0.15) is 12.4 Å². The molecule has 0 saturated carbocycles. The average Bonchev–Trinajstić information content (AvgIpc) is 2.38. The first-order valence-corrected chi connectivity index (χ1v) is 5.96. The number of nitrogens with one attached hydrogen (secondary N) is 1. The molecule has 0 amide bonds. The van der Waals surface area contributed by atoms with Gasteiger partial charge in [-0.3, -0.25) is 10.1 Å². The Bertz CT molecular complexity index is 427. The van der Waals surface area contributed by atoms with Crippen molar-refractivity contribution >= 4 is 5.69 Å². The second kappa shape index (κ2) is 7.63. The highest BCUT2D eigenvalue weighted by molar-refractivity contribution is 5.44. The van der Waals surface area contributed by atoms with Gasteiger partial charge >= 0.3 is 0 Å². The van der Waals surface area contributed by atoms with Gasteiger partial charge < -0.3 is 10.1 Å². The molecule has 0 heterocycles. The lowest BCUT2D eigenvalue weighted by Crippen LogP contribution is -2.21. The fourth-order valence-electron chi connectivity index (χ4n) is 1.49. The van der Waals surface area contributed by atoms with E-state index >= 15 is 0 Å². The number of halogens is 2. The molecule has 106 valence electrons. The van der Waals surface area contributed by atoms with E-state index in [1.807, 2.05) is 6.92 Å². The molecule has 0 fully saturated rings. The molecule has 0 bridgehead atoms. The number of ether oxygens (including phenoxy) is 1. The summed E-state index contributed by atoms with van der Waals surface area (Å²) < 4.78 is 30.8. The lowest BCUT2D eigenvalue weighted by molar-refractivity contribution is -0.385. The van der Waals surface area contributed by atoms with E-state index in [2.05, 4.69) is 5.32 Å². The average molecular weight is 274 g/mol. The lowest BCUT2D eigenvalue weighted by Gasteiger charge is -2.11. The van der Waals surface area contributed by atoms with Crippen LogP contribution in [0.4, 0.5) is 14.5 Å². The highest BCUT2D eigenvalue weighted by atomic mass is 19.3. The topological polar surface area (TPSA) is 64.4 Å². The van der Waals surface area contributed by atoms with E-state index in [0.29, 0.717) is 6.54 Å². The molecule has 0 aromatic heterocycles. The SMILES string of the molecule is CCCNCCOc1ccc([N+](=O)[O-])cc1C(F)F. The fraction of sp³-hybridized carbons (Fsp3) is 0.500. The van der Waals surface area contributed by atoms with Crippen LogP contribution in [0, 0.1) is 10.1 Å². The lowest BCUT2D eigenvalue weighted by atomic mass is 10.2. The number of rotatable bonds is 8. The van der Waals surface area contributed by atoms with Gasteiger partial charge in [-0.1, -0.05) is 6.92 Å². The number of nitrogens with zero attached hydrogens (tertiary/aromatic N) is 1. The summed E-state index contributed by atoms with van der Waals surface area (Å²) in [6.45, 7) is 3.61. The summed E-state index contributed by atoms with van der Waals surface area (Å²) in [5.74, 6) is -0.0149. The molecule has 1 aromatic carbocycles. The van der Waals surface area contributed by atoms with E-state index in [0.717, 1.165) is 25.1 Å². The first kappa shape index (κ1) is 15.3. The minimum absolute atomic E-state index is 0.0149. The maximum atomic E-state index is 12.8. The quantitative estimate of drug-likeness (QED) is 0.449. The number of nitro groups is 1.